The number of imidazole rings is 1. The van der Waals surface area contributed by atoms with Gasteiger partial charge < -0.3 is 9.30 Å². The number of halogens is 3. The Morgan fingerprint density at radius 1 is 1.47 bits per heavy atom. The fourth-order valence-electron chi connectivity index (χ4n) is 1.06. The Morgan fingerprint density at radius 2 is 2.13 bits per heavy atom. The van der Waals surface area contributed by atoms with Crippen molar-refractivity contribution in [3.63, 3.8) is 0 Å². The first-order chi connectivity index (χ1) is 6.88. The standard InChI is InChI=1S/C9H13F3N2O/c1-7(2)15-4-8-3-13-6-14(8)5-9(10,11)12/h3,6-7H,4-5H2,1-2H3. The Hall–Kier alpha value is -1.04. The van der Waals surface area contributed by atoms with Crippen LogP contribution < -0.4 is 0 Å². The van der Waals surface area contributed by atoms with Gasteiger partial charge in [-0.3, -0.25) is 0 Å². The average Bonchev–Trinajstić information content (AvgIpc) is 2.45. The van der Waals surface area contributed by atoms with E-state index in [0.717, 1.165) is 10.9 Å². The summed E-state index contributed by atoms with van der Waals surface area (Å²) in [6.45, 7) is 2.77. The molecule has 6 heteroatoms. The molecule has 0 N–H and O–H groups in total. The monoisotopic (exact) mass is 222 g/mol. The molecule has 0 atom stereocenters. The minimum absolute atomic E-state index is 0.0146. The van der Waals surface area contributed by atoms with Gasteiger partial charge in [0.05, 0.1) is 30.9 Å². The third kappa shape index (κ3) is 4.33. The van der Waals surface area contributed by atoms with Crippen LogP contribution in [0.15, 0.2) is 12.5 Å². The van der Waals surface area contributed by atoms with Crippen LogP contribution in [0.5, 0.6) is 0 Å². The summed E-state index contributed by atoms with van der Waals surface area (Å²) in [6.07, 6.45) is -1.70. The van der Waals surface area contributed by atoms with E-state index in [2.05, 4.69) is 4.98 Å². The molecular weight excluding hydrogens is 209 g/mol. The molecule has 0 aliphatic heterocycles. The molecule has 1 heterocycles. The highest BCUT2D eigenvalue weighted by Gasteiger charge is 2.28. The van der Waals surface area contributed by atoms with Crippen molar-refractivity contribution < 1.29 is 17.9 Å². The predicted molar refractivity (Wildman–Crippen MR) is 48.2 cm³/mol. The average molecular weight is 222 g/mol. The zero-order chi connectivity index (χ0) is 11.5. The van der Waals surface area contributed by atoms with E-state index in [1.165, 1.54) is 6.20 Å². The molecule has 0 aromatic carbocycles. The van der Waals surface area contributed by atoms with Gasteiger partial charge in [0.1, 0.15) is 6.54 Å². The maximum atomic E-state index is 12.1. The zero-order valence-corrected chi connectivity index (χ0v) is 8.58. The van der Waals surface area contributed by atoms with Crippen LogP contribution in [-0.4, -0.2) is 21.8 Å². The van der Waals surface area contributed by atoms with Crippen LogP contribution >= 0.6 is 0 Å². The van der Waals surface area contributed by atoms with Crippen molar-refractivity contribution in [3.8, 4) is 0 Å². The smallest absolute Gasteiger partial charge is 0.373 e. The first-order valence-corrected chi connectivity index (χ1v) is 4.56. The lowest BCUT2D eigenvalue weighted by atomic mass is 10.4. The van der Waals surface area contributed by atoms with E-state index < -0.39 is 12.7 Å². The summed E-state index contributed by atoms with van der Waals surface area (Å²) < 4.78 is 42.6. The van der Waals surface area contributed by atoms with Crippen LogP contribution in [0.1, 0.15) is 19.5 Å². The van der Waals surface area contributed by atoms with Crippen molar-refractivity contribution in [3.05, 3.63) is 18.2 Å². The number of aromatic nitrogens is 2. The molecule has 0 spiro atoms. The van der Waals surface area contributed by atoms with Gasteiger partial charge >= 0.3 is 6.18 Å². The van der Waals surface area contributed by atoms with Gasteiger partial charge in [0.2, 0.25) is 0 Å². The molecule has 1 aromatic heterocycles. The van der Waals surface area contributed by atoms with Crippen molar-refractivity contribution in [2.45, 2.75) is 39.3 Å². The Labute approximate surface area is 85.9 Å². The minimum Gasteiger partial charge on any atom is -0.373 e. The molecule has 1 aromatic rings. The number of nitrogens with zero attached hydrogens (tertiary/aromatic N) is 2. The van der Waals surface area contributed by atoms with E-state index in [9.17, 15) is 13.2 Å². The van der Waals surface area contributed by atoms with E-state index >= 15 is 0 Å². The number of rotatable bonds is 4. The molecule has 0 aliphatic rings. The quantitative estimate of drug-likeness (QED) is 0.782. The molecule has 3 nitrogen and oxygen atoms in total. The Kier molecular flexibility index (Phi) is 3.73. The first-order valence-electron chi connectivity index (χ1n) is 4.56. The van der Waals surface area contributed by atoms with E-state index in [0.29, 0.717) is 5.69 Å². The van der Waals surface area contributed by atoms with Gasteiger partial charge in [0, 0.05) is 0 Å². The van der Waals surface area contributed by atoms with Gasteiger partial charge in [-0.05, 0) is 13.8 Å². The van der Waals surface area contributed by atoms with Crippen molar-refractivity contribution in [1.82, 2.24) is 9.55 Å². The predicted octanol–water partition coefficient (Wildman–Crippen LogP) is 2.37. The Bertz CT molecular complexity index is 307. The fourth-order valence-corrected chi connectivity index (χ4v) is 1.06. The number of hydrogen-bond acceptors (Lipinski definition) is 2. The summed E-state index contributed by atoms with van der Waals surface area (Å²) in [5, 5.41) is 0. The largest absolute Gasteiger partial charge is 0.406 e. The van der Waals surface area contributed by atoms with Crippen LogP contribution in [0.4, 0.5) is 13.2 Å². The van der Waals surface area contributed by atoms with Crippen LogP contribution in [0.25, 0.3) is 0 Å². The SMILES string of the molecule is CC(C)OCc1cncn1CC(F)(F)F. The highest BCUT2D eigenvalue weighted by Crippen LogP contribution is 2.18. The first kappa shape index (κ1) is 12.0. The van der Waals surface area contributed by atoms with Crippen LogP contribution in [-0.2, 0) is 17.9 Å². The van der Waals surface area contributed by atoms with E-state index in [1.807, 2.05) is 13.8 Å². The van der Waals surface area contributed by atoms with E-state index in [-0.39, 0.29) is 12.7 Å². The minimum atomic E-state index is -4.23. The van der Waals surface area contributed by atoms with E-state index in [1.54, 1.807) is 0 Å². The summed E-state index contributed by atoms with van der Waals surface area (Å²) in [5.41, 5.74) is 0.432. The maximum absolute atomic E-state index is 12.1. The maximum Gasteiger partial charge on any atom is 0.406 e. The molecule has 0 radical (unpaired) electrons. The number of alkyl halides is 3. The van der Waals surface area contributed by atoms with Gasteiger partial charge in [-0.2, -0.15) is 13.2 Å². The molecule has 1 rings (SSSR count). The molecule has 0 fully saturated rings. The third-order valence-electron chi connectivity index (χ3n) is 1.71. The lowest BCUT2D eigenvalue weighted by Gasteiger charge is -2.12. The summed E-state index contributed by atoms with van der Waals surface area (Å²) >= 11 is 0. The molecule has 0 saturated carbocycles. The molecule has 0 saturated heterocycles. The molecule has 0 bridgehead atoms. The third-order valence-corrected chi connectivity index (χ3v) is 1.71. The highest BCUT2D eigenvalue weighted by atomic mass is 19.4. The molecule has 15 heavy (non-hydrogen) atoms. The zero-order valence-electron chi connectivity index (χ0n) is 8.58. The van der Waals surface area contributed by atoms with Gasteiger partial charge in [-0.25, -0.2) is 4.98 Å². The van der Waals surface area contributed by atoms with Gasteiger partial charge in [-0.1, -0.05) is 0 Å². The second kappa shape index (κ2) is 4.65. The van der Waals surface area contributed by atoms with Crippen molar-refractivity contribution in [1.29, 1.82) is 0 Å². The van der Waals surface area contributed by atoms with Crippen molar-refractivity contribution >= 4 is 0 Å². The lowest BCUT2D eigenvalue weighted by molar-refractivity contribution is -0.141. The van der Waals surface area contributed by atoms with Gasteiger partial charge in [0.15, 0.2) is 0 Å². The van der Waals surface area contributed by atoms with E-state index in [4.69, 9.17) is 4.74 Å². The molecular formula is C9H13F3N2O. The molecule has 0 unspecified atom stereocenters. The number of ether oxygens (including phenoxy) is 1. The normalized spacial score (nSPS) is 12.4. The summed E-state index contributed by atoms with van der Waals surface area (Å²) in [4.78, 5) is 3.67. The van der Waals surface area contributed by atoms with Crippen LogP contribution in [0.3, 0.4) is 0 Å². The molecule has 0 aliphatic carbocycles. The molecule has 0 amide bonds. The van der Waals surface area contributed by atoms with Gasteiger partial charge in [0.25, 0.3) is 0 Å². The highest BCUT2D eigenvalue weighted by molar-refractivity contribution is 4.96. The van der Waals surface area contributed by atoms with Gasteiger partial charge in [-0.15, -0.1) is 0 Å². The Morgan fingerprint density at radius 3 is 2.67 bits per heavy atom. The number of hydrogen-bond donors (Lipinski definition) is 0. The lowest BCUT2D eigenvalue weighted by Crippen LogP contribution is -2.19. The topological polar surface area (TPSA) is 27.1 Å². The van der Waals surface area contributed by atoms with Crippen LogP contribution in [0.2, 0.25) is 0 Å². The summed E-state index contributed by atoms with van der Waals surface area (Å²) in [7, 11) is 0. The summed E-state index contributed by atoms with van der Waals surface area (Å²) in [6, 6.07) is 0. The molecule has 86 valence electrons. The second-order valence-corrected chi connectivity index (χ2v) is 3.49. The fraction of sp³-hybridized carbons (Fsp3) is 0.667. The van der Waals surface area contributed by atoms with Crippen molar-refractivity contribution in [2.75, 3.05) is 0 Å². The second-order valence-electron chi connectivity index (χ2n) is 3.49. The van der Waals surface area contributed by atoms with Crippen molar-refractivity contribution in [2.24, 2.45) is 0 Å². The summed E-state index contributed by atoms with van der Waals surface area (Å²) in [5.74, 6) is 0. The van der Waals surface area contributed by atoms with Crippen LogP contribution in [0, 0.1) is 0 Å². The Balaban J connectivity index is 2.61.